The lowest BCUT2D eigenvalue weighted by Crippen LogP contribution is -2.28. The van der Waals surface area contributed by atoms with Crippen LogP contribution < -0.4 is 10.6 Å². The summed E-state index contributed by atoms with van der Waals surface area (Å²) in [7, 11) is 1.51. The molecule has 0 aromatic heterocycles. The number of para-hydroxylation sites is 1. The van der Waals surface area contributed by atoms with Crippen LogP contribution in [0.1, 0.15) is 18.4 Å². The molecule has 1 rings (SSSR count). The second-order valence-corrected chi connectivity index (χ2v) is 4.24. The normalized spacial score (nSPS) is 11.1. The van der Waals surface area contributed by atoms with E-state index in [2.05, 4.69) is 20.7 Å². The van der Waals surface area contributed by atoms with E-state index in [4.69, 9.17) is 5.53 Å². The maximum Gasteiger partial charge on any atom is 0.233 e. The number of anilines is 1. The van der Waals surface area contributed by atoms with Crippen molar-refractivity contribution in [3.63, 3.8) is 0 Å². The van der Waals surface area contributed by atoms with Gasteiger partial charge in [-0.3, -0.25) is 9.59 Å². The summed E-state index contributed by atoms with van der Waals surface area (Å²) in [5, 5.41) is 8.60. The smallest absolute Gasteiger partial charge is 0.233 e. The van der Waals surface area contributed by atoms with E-state index in [-0.39, 0.29) is 18.7 Å². The minimum Gasteiger partial charge on any atom is -0.359 e. The molecular formula is C13H17N5O2. The third-order valence-electron chi connectivity index (χ3n) is 2.82. The number of hydrogen-bond donors (Lipinski definition) is 2. The van der Waals surface area contributed by atoms with Gasteiger partial charge in [-0.2, -0.15) is 0 Å². The summed E-state index contributed by atoms with van der Waals surface area (Å²) >= 11 is 0. The first-order chi connectivity index (χ1) is 9.58. The number of nitrogens with one attached hydrogen (secondary N) is 2. The Labute approximate surface area is 117 Å². The van der Waals surface area contributed by atoms with E-state index in [1.54, 1.807) is 12.1 Å². The highest BCUT2D eigenvalue weighted by Gasteiger charge is 2.18. The van der Waals surface area contributed by atoms with E-state index < -0.39 is 11.9 Å². The quantitative estimate of drug-likeness (QED) is 0.471. The molecule has 0 heterocycles. The van der Waals surface area contributed by atoms with Crippen LogP contribution in [0.2, 0.25) is 0 Å². The molecule has 7 heteroatoms. The number of azide groups is 1. The van der Waals surface area contributed by atoms with Gasteiger partial charge in [-0.1, -0.05) is 23.3 Å². The largest absolute Gasteiger partial charge is 0.359 e. The van der Waals surface area contributed by atoms with E-state index in [9.17, 15) is 9.59 Å². The molecule has 1 unspecified atom stereocenters. The molecule has 2 N–H and O–H groups in total. The zero-order chi connectivity index (χ0) is 15.0. The van der Waals surface area contributed by atoms with Crippen molar-refractivity contribution in [2.75, 3.05) is 12.4 Å². The summed E-state index contributed by atoms with van der Waals surface area (Å²) in [5.74, 6) is -0.618. The van der Waals surface area contributed by atoms with Gasteiger partial charge in [0, 0.05) is 24.1 Å². The van der Waals surface area contributed by atoms with Crippen LogP contribution in [-0.2, 0) is 9.59 Å². The Morgan fingerprint density at radius 3 is 2.70 bits per heavy atom. The Morgan fingerprint density at radius 1 is 1.40 bits per heavy atom. The van der Waals surface area contributed by atoms with Crippen molar-refractivity contribution in [1.29, 1.82) is 0 Å². The van der Waals surface area contributed by atoms with E-state index in [1.807, 2.05) is 19.1 Å². The van der Waals surface area contributed by atoms with Crippen LogP contribution in [0.4, 0.5) is 5.69 Å². The van der Waals surface area contributed by atoms with Crippen molar-refractivity contribution < 1.29 is 9.59 Å². The average molecular weight is 275 g/mol. The molecule has 0 fully saturated rings. The van der Waals surface area contributed by atoms with E-state index in [0.717, 1.165) is 5.56 Å². The number of hydrogen-bond acceptors (Lipinski definition) is 3. The zero-order valence-corrected chi connectivity index (χ0v) is 11.5. The Hall–Kier alpha value is -2.53. The first kappa shape index (κ1) is 15.5. The van der Waals surface area contributed by atoms with Crippen LogP contribution in [0.5, 0.6) is 0 Å². The number of carbonyl (C=O) groups excluding carboxylic acids is 2. The first-order valence-corrected chi connectivity index (χ1v) is 6.19. The third-order valence-corrected chi connectivity index (χ3v) is 2.82. The fourth-order valence-electron chi connectivity index (χ4n) is 1.63. The molecule has 20 heavy (non-hydrogen) atoms. The topological polar surface area (TPSA) is 107 Å². The summed E-state index contributed by atoms with van der Waals surface area (Å²) in [4.78, 5) is 25.9. The van der Waals surface area contributed by atoms with Crippen LogP contribution in [0.15, 0.2) is 29.4 Å². The summed E-state index contributed by atoms with van der Waals surface area (Å²) in [5.41, 5.74) is 10.1. The summed E-state index contributed by atoms with van der Waals surface area (Å²) < 4.78 is 0. The molecule has 0 aliphatic heterocycles. The lowest BCUT2D eigenvalue weighted by atomic mass is 10.1. The molecule has 0 saturated heterocycles. The fraction of sp³-hybridized carbons (Fsp3) is 0.385. The second-order valence-electron chi connectivity index (χ2n) is 4.24. The van der Waals surface area contributed by atoms with Crippen molar-refractivity contribution in [2.45, 2.75) is 25.8 Å². The van der Waals surface area contributed by atoms with Crippen LogP contribution in [0.25, 0.3) is 10.4 Å². The van der Waals surface area contributed by atoms with Gasteiger partial charge in [0.05, 0.1) is 0 Å². The van der Waals surface area contributed by atoms with Gasteiger partial charge in [0.1, 0.15) is 6.04 Å². The summed E-state index contributed by atoms with van der Waals surface area (Å²) in [6.07, 6.45) is 0.294. The highest BCUT2D eigenvalue weighted by atomic mass is 16.2. The van der Waals surface area contributed by atoms with Gasteiger partial charge in [-0.25, -0.2) is 0 Å². The molecular weight excluding hydrogens is 258 g/mol. The Balaban J connectivity index is 2.72. The maximum absolute atomic E-state index is 12.0. The highest BCUT2D eigenvalue weighted by Crippen LogP contribution is 2.15. The zero-order valence-electron chi connectivity index (χ0n) is 11.5. The standard InChI is InChI=1S/C13H17N5O2/c1-9-5-3-4-6-10(9)16-13(20)11(17-18-14)7-8-12(19)15-2/h3-6,11H,7-8H2,1-2H3,(H,15,19)(H,16,20). The van der Waals surface area contributed by atoms with Crippen molar-refractivity contribution >= 4 is 17.5 Å². The van der Waals surface area contributed by atoms with Crippen LogP contribution in [0, 0.1) is 6.92 Å². The molecule has 0 radical (unpaired) electrons. The fourth-order valence-corrected chi connectivity index (χ4v) is 1.63. The summed E-state index contributed by atoms with van der Waals surface area (Å²) in [6.45, 7) is 1.86. The minimum absolute atomic E-state index is 0.126. The lowest BCUT2D eigenvalue weighted by Gasteiger charge is -2.13. The van der Waals surface area contributed by atoms with Gasteiger partial charge in [0.25, 0.3) is 0 Å². The van der Waals surface area contributed by atoms with Gasteiger partial charge in [-0.15, -0.1) is 0 Å². The third kappa shape index (κ3) is 4.62. The van der Waals surface area contributed by atoms with E-state index in [0.29, 0.717) is 5.69 Å². The molecule has 0 saturated carbocycles. The molecule has 7 nitrogen and oxygen atoms in total. The number of nitrogens with zero attached hydrogens (tertiary/aromatic N) is 3. The molecule has 0 bridgehead atoms. The van der Waals surface area contributed by atoms with Crippen molar-refractivity contribution in [1.82, 2.24) is 5.32 Å². The van der Waals surface area contributed by atoms with Crippen LogP contribution in [-0.4, -0.2) is 24.9 Å². The molecule has 106 valence electrons. The molecule has 1 atom stereocenters. The number of benzene rings is 1. The Morgan fingerprint density at radius 2 is 2.10 bits per heavy atom. The molecule has 0 spiro atoms. The molecule has 1 aromatic rings. The second kappa shape index (κ2) is 7.81. The summed E-state index contributed by atoms with van der Waals surface area (Å²) in [6, 6.07) is 6.39. The van der Waals surface area contributed by atoms with Gasteiger partial charge in [0.15, 0.2) is 0 Å². The predicted octanol–water partition coefficient (Wildman–Crippen LogP) is 2.14. The molecule has 2 amide bonds. The van der Waals surface area contributed by atoms with Crippen LogP contribution in [0.3, 0.4) is 0 Å². The Kier molecular flexibility index (Phi) is 6.06. The number of rotatable bonds is 6. The molecule has 0 aliphatic carbocycles. The van der Waals surface area contributed by atoms with E-state index >= 15 is 0 Å². The SMILES string of the molecule is CNC(=O)CCC(N=[N+]=[N-])C(=O)Nc1ccccc1C. The van der Waals surface area contributed by atoms with E-state index in [1.165, 1.54) is 7.05 Å². The number of amides is 2. The van der Waals surface area contributed by atoms with Crippen molar-refractivity contribution in [3.05, 3.63) is 40.3 Å². The number of aryl methyl sites for hydroxylation is 1. The van der Waals surface area contributed by atoms with Gasteiger partial charge in [-0.05, 0) is 30.5 Å². The molecule has 0 aliphatic rings. The first-order valence-electron chi connectivity index (χ1n) is 6.19. The Bertz CT molecular complexity index is 537. The maximum atomic E-state index is 12.0. The lowest BCUT2D eigenvalue weighted by molar-refractivity contribution is -0.121. The average Bonchev–Trinajstić information content (AvgIpc) is 2.45. The monoisotopic (exact) mass is 275 g/mol. The predicted molar refractivity (Wildman–Crippen MR) is 76.0 cm³/mol. The molecule has 1 aromatic carbocycles. The minimum atomic E-state index is -0.906. The number of carbonyl (C=O) groups is 2. The van der Waals surface area contributed by atoms with Gasteiger partial charge in [0.2, 0.25) is 11.8 Å². The van der Waals surface area contributed by atoms with Gasteiger partial charge >= 0.3 is 0 Å². The highest BCUT2D eigenvalue weighted by molar-refractivity contribution is 5.95. The van der Waals surface area contributed by atoms with Crippen molar-refractivity contribution in [3.8, 4) is 0 Å². The van der Waals surface area contributed by atoms with Gasteiger partial charge < -0.3 is 10.6 Å². The van der Waals surface area contributed by atoms with Crippen LogP contribution >= 0.6 is 0 Å². The van der Waals surface area contributed by atoms with Crippen molar-refractivity contribution in [2.24, 2.45) is 5.11 Å².